The maximum Gasteiger partial charge on any atom is 0.236 e. The fourth-order valence-corrected chi connectivity index (χ4v) is 1.76. The van der Waals surface area contributed by atoms with Crippen molar-refractivity contribution in [2.45, 2.75) is 32.9 Å². The third kappa shape index (κ3) is 4.79. The van der Waals surface area contributed by atoms with E-state index >= 15 is 0 Å². The minimum atomic E-state index is -0.205. The summed E-state index contributed by atoms with van der Waals surface area (Å²) < 4.78 is 5.22. The van der Waals surface area contributed by atoms with Gasteiger partial charge in [-0.3, -0.25) is 10.1 Å². The Morgan fingerprint density at radius 1 is 1.47 bits per heavy atom. The van der Waals surface area contributed by atoms with Gasteiger partial charge < -0.3 is 9.73 Å². The molecule has 0 aliphatic rings. The predicted molar refractivity (Wildman–Crippen MR) is 67.9 cm³/mol. The Morgan fingerprint density at radius 2 is 2.18 bits per heavy atom. The highest BCUT2D eigenvalue weighted by molar-refractivity contribution is 6.28. The second-order valence-corrected chi connectivity index (χ2v) is 4.76. The minimum Gasteiger partial charge on any atom is -0.448 e. The molecule has 0 bridgehead atoms. The van der Waals surface area contributed by atoms with Crippen LogP contribution in [0.25, 0.3) is 0 Å². The van der Waals surface area contributed by atoms with Crippen LogP contribution >= 0.6 is 11.6 Å². The largest absolute Gasteiger partial charge is 0.448 e. The molecule has 0 aromatic carbocycles. The SMILES string of the molecule is CNC(=O)C(CC(C)C)NCc1ccc(Cl)o1. The number of halogens is 1. The Morgan fingerprint density at radius 3 is 2.65 bits per heavy atom. The molecule has 5 heteroatoms. The van der Waals surface area contributed by atoms with Gasteiger partial charge >= 0.3 is 0 Å². The number of furan rings is 1. The van der Waals surface area contributed by atoms with Gasteiger partial charge in [-0.2, -0.15) is 0 Å². The Labute approximate surface area is 107 Å². The van der Waals surface area contributed by atoms with E-state index in [1.54, 1.807) is 19.2 Å². The van der Waals surface area contributed by atoms with Crippen molar-refractivity contribution in [1.29, 1.82) is 0 Å². The molecule has 2 N–H and O–H groups in total. The highest BCUT2D eigenvalue weighted by atomic mass is 35.5. The molecular weight excluding hydrogens is 240 g/mol. The zero-order valence-corrected chi connectivity index (χ0v) is 11.2. The molecule has 1 atom stereocenters. The van der Waals surface area contributed by atoms with Gasteiger partial charge in [0, 0.05) is 7.05 Å². The van der Waals surface area contributed by atoms with Gasteiger partial charge in [0.2, 0.25) is 5.91 Å². The lowest BCUT2D eigenvalue weighted by Crippen LogP contribution is -2.43. The molecule has 0 aliphatic heterocycles. The summed E-state index contributed by atoms with van der Waals surface area (Å²) in [5.74, 6) is 1.18. The Hall–Kier alpha value is -1.00. The maximum absolute atomic E-state index is 11.6. The third-order valence-corrected chi connectivity index (χ3v) is 2.62. The summed E-state index contributed by atoms with van der Waals surface area (Å²) in [7, 11) is 1.64. The van der Waals surface area contributed by atoms with Crippen LogP contribution < -0.4 is 10.6 Å². The number of carbonyl (C=O) groups is 1. The first-order valence-electron chi connectivity index (χ1n) is 5.72. The number of hydrogen-bond donors (Lipinski definition) is 2. The highest BCUT2D eigenvalue weighted by Gasteiger charge is 2.18. The molecule has 4 nitrogen and oxygen atoms in total. The summed E-state index contributed by atoms with van der Waals surface area (Å²) in [5.41, 5.74) is 0. The second-order valence-electron chi connectivity index (χ2n) is 4.38. The molecule has 1 rings (SSSR count). The molecule has 1 unspecified atom stereocenters. The van der Waals surface area contributed by atoms with Gasteiger partial charge in [-0.15, -0.1) is 0 Å². The van der Waals surface area contributed by atoms with Gasteiger partial charge in [0.1, 0.15) is 5.76 Å². The van der Waals surface area contributed by atoms with E-state index in [2.05, 4.69) is 24.5 Å². The van der Waals surface area contributed by atoms with Crippen LogP contribution in [-0.2, 0) is 11.3 Å². The van der Waals surface area contributed by atoms with Crippen LogP contribution in [-0.4, -0.2) is 19.0 Å². The maximum atomic E-state index is 11.6. The lowest BCUT2D eigenvalue weighted by molar-refractivity contribution is -0.123. The van der Waals surface area contributed by atoms with Crippen LogP contribution in [0.5, 0.6) is 0 Å². The minimum absolute atomic E-state index is 0.00338. The fraction of sp³-hybridized carbons (Fsp3) is 0.583. The molecule has 0 aliphatic carbocycles. The summed E-state index contributed by atoms with van der Waals surface area (Å²) in [6.07, 6.45) is 0.786. The average Bonchev–Trinajstić information content (AvgIpc) is 2.68. The number of nitrogens with one attached hydrogen (secondary N) is 2. The van der Waals surface area contributed by atoms with E-state index in [-0.39, 0.29) is 11.9 Å². The van der Waals surface area contributed by atoms with Crippen LogP contribution in [0.4, 0.5) is 0 Å². The Kier molecular flexibility index (Phi) is 5.51. The third-order valence-electron chi connectivity index (χ3n) is 2.42. The first kappa shape index (κ1) is 14.1. The van der Waals surface area contributed by atoms with Gasteiger partial charge in [0.25, 0.3) is 0 Å². The van der Waals surface area contributed by atoms with Crippen molar-refractivity contribution in [3.8, 4) is 0 Å². The van der Waals surface area contributed by atoms with Crippen molar-refractivity contribution in [3.63, 3.8) is 0 Å². The topological polar surface area (TPSA) is 54.3 Å². The number of amides is 1. The lowest BCUT2D eigenvalue weighted by Gasteiger charge is -2.18. The van der Waals surface area contributed by atoms with Crippen LogP contribution in [0.15, 0.2) is 16.5 Å². The normalized spacial score (nSPS) is 12.8. The zero-order valence-electron chi connectivity index (χ0n) is 10.4. The average molecular weight is 259 g/mol. The molecule has 1 aromatic heterocycles. The van der Waals surface area contributed by atoms with Gasteiger partial charge in [-0.05, 0) is 36.1 Å². The summed E-state index contributed by atoms with van der Waals surface area (Å²) in [6, 6.07) is 3.28. The molecule has 0 fully saturated rings. The number of likely N-dealkylation sites (N-methyl/N-ethyl adjacent to an activating group) is 1. The van der Waals surface area contributed by atoms with Crippen molar-refractivity contribution in [2.75, 3.05) is 7.05 Å². The predicted octanol–water partition coefficient (Wildman–Crippen LogP) is 2.18. The summed E-state index contributed by atoms with van der Waals surface area (Å²) >= 11 is 5.68. The van der Waals surface area contributed by atoms with Gasteiger partial charge in [-0.1, -0.05) is 13.8 Å². The quantitative estimate of drug-likeness (QED) is 0.822. The van der Waals surface area contributed by atoms with Crippen LogP contribution in [0.3, 0.4) is 0 Å². The number of rotatable bonds is 6. The van der Waals surface area contributed by atoms with Crippen LogP contribution in [0, 0.1) is 5.92 Å². The van der Waals surface area contributed by atoms with E-state index in [1.165, 1.54) is 0 Å². The van der Waals surface area contributed by atoms with Gasteiger partial charge in [0.05, 0.1) is 12.6 Å². The highest BCUT2D eigenvalue weighted by Crippen LogP contribution is 2.13. The van der Waals surface area contributed by atoms with Crippen molar-refractivity contribution in [3.05, 3.63) is 23.1 Å². The molecule has 0 spiro atoms. The summed E-state index contributed by atoms with van der Waals surface area (Å²) in [6.45, 7) is 4.67. The summed E-state index contributed by atoms with van der Waals surface area (Å²) in [4.78, 5) is 11.6. The fourth-order valence-electron chi connectivity index (χ4n) is 1.60. The second kappa shape index (κ2) is 6.67. The van der Waals surface area contributed by atoms with E-state index in [0.29, 0.717) is 17.7 Å². The van der Waals surface area contributed by atoms with Crippen molar-refractivity contribution < 1.29 is 9.21 Å². The smallest absolute Gasteiger partial charge is 0.236 e. The Bertz CT molecular complexity index is 363. The molecule has 1 heterocycles. The molecule has 1 aromatic rings. The lowest BCUT2D eigenvalue weighted by atomic mass is 10.0. The molecule has 0 saturated heterocycles. The molecule has 0 radical (unpaired) electrons. The van der Waals surface area contributed by atoms with E-state index in [0.717, 1.165) is 12.2 Å². The molecule has 17 heavy (non-hydrogen) atoms. The first-order chi connectivity index (χ1) is 8.02. The van der Waals surface area contributed by atoms with E-state index in [4.69, 9.17) is 16.0 Å². The van der Waals surface area contributed by atoms with Gasteiger partial charge in [0.15, 0.2) is 5.22 Å². The molecule has 1 amide bonds. The van der Waals surface area contributed by atoms with Crippen molar-refractivity contribution >= 4 is 17.5 Å². The number of carbonyl (C=O) groups excluding carboxylic acids is 1. The summed E-state index contributed by atoms with van der Waals surface area (Å²) in [5, 5.41) is 6.18. The first-order valence-corrected chi connectivity index (χ1v) is 6.10. The van der Waals surface area contributed by atoms with E-state index in [1.807, 2.05) is 0 Å². The number of hydrogen-bond acceptors (Lipinski definition) is 3. The van der Waals surface area contributed by atoms with E-state index < -0.39 is 0 Å². The van der Waals surface area contributed by atoms with Crippen LogP contribution in [0.2, 0.25) is 5.22 Å². The van der Waals surface area contributed by atoms with Crippen molar-refractivity contribution in [2.24, 2.45) is 5.92 Å². The zero-order chi connectivity index (χ0) is 12.8. The van der Waals surface area contributed by atoms with Gasteiger partial charge in [-0.25, -0.2) is 0 Å². The molecular formula is C12H19ClN2O2. The molecule has 0 saturated carbocycles. The van der Waals surface area contributed by atoms with E-state index in [9.17, 15) is 4.79 Å². The Balaban J connectivity index is 2.51. The molecule has 96 valence electrons. The van der Waals surface area contributed by atoms with Crippen molar-refractivity contribution in [1.82, 2.24) is 10.6 Å². The monoisotopic (exact) mass is 258 g/mol. The standard InChI is InChI=1S/C12H19ClN2O2/c1-8(2)6-10(12(16)14-3)15-7-9-4-5-11(13)17-9/h4-5,8,10,15H,6-7H2,1-3H3,(H,14,16). The van der Waals surface area contributed by atoms with Crippen LogP contribution in [0.1, 0.15) is 26.0 Å².